The average molecular weight is 353 g/mol. The molecule has 9 heteroatoms. The molecule has 1 atom stereocenters. The Bertz CT molecular complexity index is 832. The van der Waals surface area contributed by atoms with Crippen LogP contribution in [0.4, 0.5) is 10.2 Å². The highest BCUT2D eigenvalue weighted by Crippen LogP contribution is 2.23. The van der Waals surface area contributed by atoms with Crippen molar-refractivity contribution in [2.45, 2.75) is 24.9 Å². The van der Waals surface area contributed by atoms with Gasteiger partial charge in [0.1, 0.15) is 11.6 Å². The molecule has 7 nitrogen and oxygen atoms in total. The number of aromatic nitrogens is 3. The number of hydrogen-bond acceptors (Lipinski definition) is 5. The second kappa shape index (κ2) is 6.14. The number of nitrogens with zero attached hydrogens (tertiary/aromatic N) is 5. The summed E-state index contributed by atoms with van der Waals surface area (Å²) < 4.78 is 41.9. The molecule has 24 heavy (non-hydrogen) atoms. The largest absolute Gasteiger partial charge is 0.351 e. The van der Waals surface area contributed by atoms with Crippen molar-refractivity contribution in [2.24, 2.45) is 7.05 Å². The minimum atomic E-state index is -3.63. The van der Waals surface area contributed by atoms with Gasteiger partial charge in [0.2, 0.25) is 5.95 Å². The SMILES string of the molecule is Cc1nc(S(=O)(=O)N2CCN(c3cccc(F)n3)C(C)C2)cn1C. The van der Waals surface area contributed by atoms with Gasteiger partial charge in [-0.3, -0.25) is 0 Å². The Balaban J connectivity index is 1.80. The van der Waals surface area contributed by atoms with Crippen LogP contribution in [0.2, 0.25) is 0 Å². The van der Waals surface area contributed by atoms with E-state index in [2.05, 4.69) is 9.97 Å². The first-order valence-electron chi connectivity index (χ1n) is 7.68. The predicted octanol–water partition coefficient (Wildman–Crippen LogP) is 1.16. The molecule has 1 aliphatic rings. The first kappa shape index (κ1) is 16.8. The van der Waals surface area contributed by atoms with Crippen LogP contribution >= 0.6 is 0 Å². The van der Waals surface area contributed by atoms with E-state index in [1.54, 1.807) is 30.7 Å². The van der Waals surface area contributed by atoms with Crippen LogP contribution in [-0.4, -0.2) is 52.9 Å². The number of rotatable bonds is 3. The molecule has 2 aromatic rings. The summed E-state index contributed by atoms with van der Waals surface area (Å²) in [6, 6.07) is 4.50. The summed E-state index contributed by atoms with van der Waals surface area (Å²) in [6.07, 6.45) is 1.52. The number of imidazole rings is 1. The van der Waals surface area contributed by atoms with E-state index in [0.29, 0.717) is 31.3 Å². The minimum Gasteiger partial charge on any atom is -0.351 e. The Hall–Kier alpha value is -2.00. The highest BCUT2D eigenvalue weighted by Gasteiger charge is 2.34. The number of hydrogen-bond donors (Lipinski definition) is 0. The van der Waals surface area contributed by atoms with E-state index in [9.17, 15) is 12.8 Å². The molecule has 1 aliphatic heterocycles. The molecule has 0 bridgehead atoms. The molecule has 1 saturated heterocycles. The monoisotopic (exact) mass is 353 g/mol. The molecule has 0 radical (unpaired) electrons. The van der Waals surface area contributed by atoms with Crippen molar-refractivity contribution >= 4 is 15.8 Å². The summed E-state index contributed by atoms with van der Waals surface area (Å²) in [5, 5.41) is 0.0621. The fourth-order valence-corrected chi connectivity index (χ4v) is 4.36. The van der Waals surface area contributed by atoms with E-state index in [-0.39, 0.29) is 11.1 Å². The van der Waals surface area contributed by atoms with Crippen LogP contribution in [-0.2, 0) is 17.1 Å². The van der Waals surface area contributed by atoms with Crippen LogP contribution in [0, 0.1) is 12.9 Å². The zero-order chi connectivity index (χ0) is 17.5. The smallest absolute Gasteiger partial charge is 0.262 e. The minimum absolute atomic E-state index is 0.0621. The zero-order valence-corrected chi connectivity index (χ0v) is 14.7. The zero-order valence-electron chi connectivity index (χ0n) is 13.8. The first-order valence-corrected chi connectivity index (χ1v) is 9.12. The van der Waals surface area contributed by atoms with Gasteiger partial charge < -0.3 is 9.47 Å². The molecular weight excluding hydrogens is 333 g/mol. The molecule has 130 valence electrons. The van der Waals surface area contributed by atoms with E-state index < -0.39 is 16.0 Å². The van der Waals surface area contributed by atoms with Gasteiger partial charge in [-0.25, -0.2) is 18.4 Å². The standard InChI is InChI=1S/C15H20FN5O2S/c1-11-9-20(24(22,23)15-10-19(3)12(2)17-15)7-8-21(11)14-6-4-5-13(16)18-14/h4-6,10-11H,7-9H2,1-3H3. The molecule has 0 aliphatic carbocycles. The van der Waals surface area contributed by atoms with Gasteiger partial charge in [-0.2, -0.15) is 8.70 Å². The lowest BCUT2D eigenvalue weighted by Crippen LogP contribution is -2.54. The summed E-state index contributed by atoms with van der Waals surface area (Å²) >= 11 is 0. The van der Waals surface area contributed by atoms with Gasteiger partial charge in [0, 0.05) is 38.9 Å². The van der Waals surface area contributed by atoms with Crippen molar-refractivity contribution in [1.82, 2.24) is 18.8 Å². The molecule has 2 aromatic heterocycles. The van der Waals surface area contributed by atoms with E-state index in [1.165, 1.54) is 16.6 Å². The number of pyridine rings is 1. The lowest BCUT2D eigenvalue weighted by molar-refractivity contribution is 0.339. The van der Waals surface area contributed by atoms with Crippen LogP contribution in [0.15, 0.2) is 29.4 Å². The summed E-state index contributed by atoms with van der Waals surface area (Å²) in [5.74, 6) is 0.621. The van der Waals surface area contributed by atoms with Crippen molar-refractivity contribution in [3.05, 3.63) is 36.2 Å². The molecule has 0 N–H and O–H groups in total. The van der Waals surface area contributed by atoms with Gasteiger partial charge in [0.25, 0.3) is 10.0 Å². The van der Waals surface area contributed by atoms with Gasteiger partial charge >= 0.3 is 0 Å². The lowest BCUT2D eigenvalue weighted by Gasteiger charge is -2.39. The maximum atomic E-state index is 13.3. The second-order valence-electron chi connectivity index (χ2n) is 5.96. The fourth-order valence-electron chi connectivity index (χ4n) is 2.82. The number of anilines is 1. The molecular formula is C15H20FN5O2S. The number of sulfonamides is 1. The van der Waals surface area contributed by atoms with Crippen LogP contribution in [0.1, 0.15) is 12.7 Å². The fraction of sp³-hybridized carbons (Fsp3) is 0.467. The van der Waals surface area contributed by atoms with Crippen molar-refractivity contribution < 1.29 is 12.8 Å². The Labute approximate surface area is 140 Å². The average Bonchev–Trinajstić information content (AvgIpc) is 2.87. The topological polar surface area (TPSA) is 71.3 Å². The quantitative estimate of drug-likeness (QED) is 0.775. The van der Waals surface area contributed by atoms with E-state index in [4.69, 9.17) is 0 Å². The maximum absolute atomic E-state index is 13.3. The molecule has 1 fully saturated rings. The van der Waals surface area contributed by atoms with Crippen molar-refractivity contribution in [1.29, 1.82) is 0 Å². The van der Waals surface area contributed by atoms with Crippen molar-refractivity contribution in [3.63, 3.8) is 0 Å². The van der Waals surface area contributed by atoms with E-state index >= 15 is 0 Å². The lowest BCUT2D eigenvalue weighted by atomic mass is 10.2. The molecule has 0 saturated carbocycles. The van der Waals surface area contributed by atoms with Gasteiger partial charge in [0.15, 0.2) is 5.03 Å². The summed E-state index contributed by atoms with van der Waals surface area (Å²) in [4.78, 5) is 9.93. The third-order valence-electron chi connectivity index (χ3n) is 4.28. The van der Waals surface area contributed by atoms with E-state index in [0.717, 1.165) is 0 Å². The summed E-state index contributed by atoms with van der Waals surface area (Å²) in [7, 11) is -1.87. The molecule has 1 unspecified atom stereocenters. The Kier molecular flexibility index (Phi) is 4.31. The third-order valence-corrected chi connectivity index (χ3v) is 6.01. The molecule has 0 amide bonds. The highest BCUT2D eigenvalue weighted by molar-refractivity contribution is 7.89. The van der Waals surface area contributed by atoms with Crippen LogP contribution < -0.4 is 4.90 Å². The van der Waals surface area contributed by atoms with Gasteiger partial charge in [0.05, 0.1) is 0 Å². The van der Waals surface area contributed by atoms with Gasteiger partial charge in [-0.05, 0) is 26.0 Å². The van der Waals surface area contributed by atoms with Gasteiger partial charge in [-0.1, -0.05) is 6.07 Å². The molecule has 3 heterocycles. The van der Waals surface area contributed by atoms with Gasteiger partial charge in [-0.15, -0.1) is 0 Å². The number of piperazine rings is 1. The second-order valence-corrected chi connectivity index (χ2v) is 7.85. The normalized spacial score (nSPS) is 19.7. The molecule has 3 rings (SSSR count). The van der Waals surface area contributed by atoms with Crippen LogP contribution in [0.5, 0.6) is 0 Å². The predicted molar refractivity (Wildman–Crippen MR) is 87.7 cm³/mol. The third kappa shape index (κ3) is 3.01. The van der Waals surface area contributed by atoms with Crippen LogP contribution in [0.3, 0.4) is 0 Å². The Morgan fingerprint density at radius 1 is 1.25 bits per heavy atom. The summed E-state index contributed by atoms with van der Waals surface area (Å²) in [6.45, 7) is 4.71. The summed E-state index contributed by atoms with van der Waals surface area (Å²) in [5.41, 5.74) is 0. The van der Waals surface area contributed by atoms with Crippen LogP contribution in [0.25, 0.3) is 0 Å². The van der Waals surface area contributed by atoms with E-state index in [1.807, 2.05) is 11.8 Å². The number of aryl methyl sites for hydroxylation is 2. The maximum Gasteiger partial charge on any atom is 0.262 e. The Morgan fingerprint density at radius 3 is 2.58 bits per heavy atom. The molecule has 0 aromatic carbocycles. The van der Waals surface area contributed by atoms with Crippen molar-refractivity contribution in [3.8, 4) is 0 Å². The Morgan fingerprint density at radius 2 is 2.00 bits per heavy atom. The highest BCUT2D eigenvalue weighted by atomic mass is 32.2. The molecule has 0 spiro atoms. The van der Waals surface area contributed by atoms with Crippen molar-refractivity contribution in [2.75, 3.05) is 24.5 Å². The first-order chi connectivity index (χ1) is 11.3. The number of halogens is 1.